The zero-order valence-corrected chi connectivity index (χ0v) is 21.2. The minimum absolute atomic E-state index is 0.251. The van der Waals surface area contributed by atoms with Gasteiger partial charge < -0.3 is 15.0 Å². The second kappa shape index (κ2) is 11.7. The first-order valence-corrected chi connectivity index (χ1v) is 12.4. The van der Waals surface area contributed by atoms with E-state index in [1.54, 1.807) is 19.2 Å². The number of carbonyl (C=O) groups excluding carboxylic acids is 1. The Morgan fingerprint density at radius 2 is 1.71 bits per heavy atom. The number of para-hydroxylation sites is 1. The fourth-order valence-electron chi connectivity index (χ4n) is 4.45. The fourth-order valence-corrected chi connectivity index (χ4v) is 4.45. The Morgan fingerprint density at radius 1 is 0.947 bits per heavy atom. The summed E-state index contributed by atoms with van der Waals surface area (Å²) in [6.07, 6.45) is 1.44. The standard InChI is InChI=1S/C28H29N7O3/c1-38-24-10-6-5-9-22(24)23-11-12-28(37)35(32-23)19-27(36)31-25-17-26(30-20-29-25)34-15-13-33(14-16-34)18-21-7-3-2-4-8-21/h2-12,17,20H,13-16,18-19H2,1H3,(H,29,30,31,36). The normalized spacial score (nSPS) is 13.8. The minimum Gasteiger partial charge on any atom is -0.496 e. The molecule has 1 fully saturated rings. The maximum absolute atomic E-state index is 12.8. The molecule has 1 aliphatic heterocycles. The molecule has 0 radical (unpaired) electrons. The van der Waals surface area contributed by atoms with Gasteiger partial charge in [0.2, 0.25) is 5.91 Å². The van der Waals surface area contributed by atoms with Crippen molar-refractivity contribution in [2.75, 3.05) is 43.5 Å². The van der Waals surface area contributed by atoms with Crippen LogP contribution in [0.4, 0.5) is 11.6 Å². The van der Waals surface area contributed by atoms with Crippen molar-refractivity contribution in [3.05, 3.63) is 95.0 Å². The highest BCUT2D eigenvalue weighted by molar-refractivity contribution is 5.89. The molecular weight excluding hydrogens is 482 g/mol. The Hall–Kier alpha value is -4.57. The van der Waals surface area contributed by atoms with Crippen molar-refractivity contribution in [1.82, 2.24) is 24.6 Å². The molecule has 2 aromatic carbocycles. The third kappa shape index (κ3) is 6.04. The molecular formula is C28H29N7O3. The van der Waals surface area contributed by atoms with Crippen molar-refractivity contribution in [3.63, 3.8) is 0 Å². The predicted octanol–water partition coefficient (Wildman–Crippen LogP) is 2.67. The third-order valence-electron chi connectivity index (χ3n) is 6.41. The van der Waals surface area contributed by atoms with Gasteiger partial charge in [-0.25, -0.2) is 14.6 Å². The Morgan fingerprint density at radius 3 is 2.50 bits per heavy atom. The molecule has 0 unspecified atom stereocenters. The molecule has 1 N–H and O–H groups in total. The summed E-state index contributed by atoms with van der Waals surface area (Å²) in [4.78, 5) is 38.4. The van der Waals surface area contributed by atoms with Crippen LogP contribution in [-0.2, 0) is 17.9 Å². The van der Waals surface area contributed by atoms with Gasteiger partial charge in [-0.1, -0.05) is 42.5 Å². The molecule has 0 bridgehead atoms. The molecule has 1 saturated heterocycles. The van der Waals surface area contributed by atoms with Crippen LogP contribution < -0.4 is 20.5 Å². The summed E-state index contributed by atoms with van der Waals surface area (Å²) in [6.45, 7) is 4.15. The third-order valence-corrected chi connectivity index (χ3v) is 6.41. The highest BCUT2D eigenvalue weighted by Crippen LogP contribution is 2.27. The van der Waals surface area contributed by atoms with E-state index in [9.17, 15) is 9.59 Å². The summed E-state index contributed by atoms with van der Waals surface area (Å²) in [5, 5.41) is 7.15. The number of ether oxygens (including phenoxy) is 1. The van der Waals surface area contributed by atoms with Gasteiger partial charge in [-0.05, 0) is 23.8 Å². The lowest BCUT2D eigenvalue weighted by molar-refractivity contribution is -0.117. The topological polar surface area (TPSA) is 105 Å². The summed E-state index contributed by atoms with van der Waals surface area (Å²) in [5.74, 6) is 1.35. The van der Waals surface area contributed by atoms with Crippen LogP contribution in [0.2, 0.25) is 0 Å². The smallest absolute Gasteiger partial charge is 0.267 e. The van der Waals surface area contributed by atoms with Crippen molar-refractivity contribution in [3.8, 4) is 17.0 Å². The SMILES string of the molecule is COc1ccccc1-c1ccc(=O)n(CC(=O)Nc2cc(N3CCN(Cc4ccccc4)CC3)ncn2)n1. The van der Waals surface area contributed by atoms with Crippen LogP contribution in [0.1, 0.15) is 5.56 Å². The number of nitrogens with one attached hydrogen (secondary N) is 1. The van der Waals surface area contributed by atoms with Gasteiger partial charge in [-0.15, -0.1) is 0 Å². The number of aromatic nitrogens is 4. The molecule has 1 aliphatic rings. The zero-order valence-electron chi connectivity index (χ0n) is 21.2. The Bertz CT molecular complexity index is 1450. The summed E-state index contributed by atoms with van der Waals surface area (Å²) in [7, 11) is 1.57. The highest BCUT2D eigenvalue weighted by atomic mass is 16.5. The van der Waals surface area contributed by atoms with Crippen molar-refractivity contribution in [1.29, 1.82) is 0 Å². The van der Waals surface area contributed by atoms with Gasteiger partial charge in [0, 0.05) is 50.4 Å². The number of rotatable bonds is 8. The molecule has 5 rings (SSSR count). The number of piperazine rings is 1. The number of nitrogens with zero attached hydrogens (tertiary/aromatic N) is 6. The molecule has 3 heterocycles. The van der Waals surface area contributed by atoms with Gasteiger partial charge in [0.25, 0.3) is 5.56 Å². The largest absolute Gasteiger partial charge is 0.496 e. The van der Waals surface area contributed by atoms with Crippen LogP contribution in [0.15, 0.2) is 83.9 Å². The van der Waals surface area contributed by atoms with E-state index in [1.165, 1.54) is 18.0 Å². The van der Waals surface area contributed by atoms with Gasteiger partial charge in [0.1, 0.15) is 30.3 Å². The molecule has 0 saturated carbocycles. The van der Waals surface area contributed by atoms with Crippen LogP contribution in [0, 0.1) is 0 Å². The number of methoxy groups -OCH3 is 1. The molecule has 0 spiro atoms. The average molecular weight is 512 g/mol. The van der Waals surface area contributed by atoms with E-state index in [-0.39, 0.29) is 12.1 Å². The number of carbonyl (C=O) groups is 1. The maximum Gasteiger partial charge on any atom is 0.267 e. The van der Waals surface area contributed by atoms with Gasteiger partial charge >= 0.3 is 0 Å². The van der Waals surface area contributed by atoms with Crippen LogP contribution in [-0.4, -0.2) is 63.8 Å². The monoisotopic (exact) mass is 511 g/mol. The number of hydrogen-bond donors (Lipinski definition) is 1. The average Bonchev–Trinajstić information content (AvgIpc) is 2.95. The van der Waals surface area contributed by atoms with E-state index in [0.717, 1.165) is 48.8 Å². The molecule has 1 amide bonds. The molecule has 2 aromatic heterocycles. The maximum atomic E-state index is 12.8. The quantitative estimate of drug-likeness (QED) is 0.385. The molecule has 0 atom stereocenters. The van der Waals surface area contributed by atoms with E-state index in [2.05, 4.69) is 54.4 Å². The van der Waals surface area contributed by atoms with Crippen LogP contribution in [0.25, 0.3) is 11.3 Å². The second-order valence-electron chi connectivity index (χ2n) is 8.97. The Balaban J connectivity index is 1.21. The number of amides is 1. The molecule has 194 valence electrons. The number of benzene rings is 2. The first-order valence-electron chi connectivity index (χ1n) is 12.4. The first kappa shape index (κ1) is 25.1. The van der Waals surface area contributed by atoms with Gasteiger partial charge in [0.05, 0.1) is 12.8 Å². The fraction of sp³-hybridized carbons (Fsp3) is 0.250. The Kier molecular flexibility index (Phi) is 7.70. The molecule has 10 nitrogen and oxygen atoms in total. The van der Waals surface area contributed by atoms with E-state index in [1.807, 2.05) is 30.3 Å². The summed E-state index contributed by atoms with van der Waals surface area (Å²) >= 11 is 0. The summed E-state index contributed by atoms with van der Waals surface area (Å²) in [6, 6.07) is 22.6. The molecule has 0 aliphatic carbocycles. The van der Waals surface area contributed by atoms with Crippen LogP contribution in [0.5, 0.6) is 5.75 Å². The summed E-state index contributed by atoms with van der Waals surface area (Å²) in [5.41, 5.74) is 2.18. The molecule has 10 heteroatoms. The lowest BCUT2D eigenvalue weighted by atomic mass is 10.1. The molecule has 4 aromatic rings. The van der Waals surface area contributed by atoms with E-state index >= 15 is 0 Å². The van der Waals surface area contributed by atoms with E-state index in [4.69, 9.17) is 4.74 Å². The van der Waals surface area contributed by atoms with Crippen LogP contribution in [0.3, 0.4) is 0 Å². The summed E-state index contributed by atoms with van der Waals surface area (Å²) < 4.78 is 6.53. The first-order chi connectivity index (χ1) is 18.6. The van der Waals surface area contributed by atoms with Crippen molar-refractivity contribution < 1.29 is 9.53 Å². The molecule has 38 heavy (non-hydrogen) atoms. The zero-order chi connectivity index (χ0) is 26.3. The van der Waals surface area contributed by atoms with Crippen molar-refractivity contribution in [2.24, 2.45) is 0 Å². The van der Waals surface area contributed by atoms with Gasteiger partial charge in [-0.3, -0.25) is 14.5 Å². The lowest BCUT2D eigenvalue weighted by Gasteiger charge is -2.35. The van der Waals surface area contributed by atoms with Gasteiger partial charge in [0.15, 0.2) is 0 Å². The Labute approximate surface area is 220 Å². The van der Waals surface area contributed by atoms with Gasteiger partial charge in [-0.2, -0.15) is 5.10 Å². The van der Waals surface area contributed by atoms with E-state index < -0.39 is 5.91 Å². The second-order valence-corrected chi connectivity index (χ2v) is 8.97. The van der Waals surface area contributed by atoms with E-state index in [0.29, 0.717) is 17.3 Å². The van der Waals surface area contributed by atoms with Crippen molar-refractivity contribution >= 4 is 17.5 Å². The van der Waals surface area contributed by atoms with Crippen molar-refractivity contribution in [2.45, 2.75) is 13.1 Å². The lowest BCUT2D eigenvalue weighted by Crippen LogP contribution is -2.46. The van der Waals surface area contributed by atoms with Crippen LogP contribution >= 0.6 is 0 Å². The minimum atomic E-state index is -0.408. The predicted molar refractivity (Wildman–Crippen MR) is 145 cm³/mol. The highest BCUT2D eigenvalue weighted by Gasteiger charge is 2.19. The number of anilines is 2. The number of hydrogen-bond acceptors (Lipinski definition) is 8.